The molecule has 1 saturated heterocycles. The van der Waals surface area contributed by atoms with Crippen LogP contribution < -0.4 is 5.73 Å². The van der Waals surface area contributed by atoms with Gasteiger partial charge in [0.15, 0.2) is 5.65 Å². The Labute approximate surface area is 247 Å². The molecule has 3 N–H and O–H groups in total. The van der Waals surface area contributed by atoms with E-state index in [2.05, 4.69) is 55.5 Å². The van der Waals surface area contributed by atoms with Crippen LogP contribution in [0.5, 0.6) is 5.75 Å². The molecule has 1 aliphatic heterocycles. The number of nitrogens with two attached hydrogens (primary N) is 1. The van der Waals surface area contributed by atoms with E-state index in [1.165, 1.54) is 24.0 Å². The highest BCUT2D eigenvalue weighted by Gasteiger charge is 2.26. The van der Waals surface area contributed by atoms with Crippen molar-refractivity contribution in [2.75, 3.05) is 39.0 Å². The highest BCUT2D eigenvalue weighted by molar-refractivity contribution is 5.98. The first-order valence-electron chi connectivity index (χ1n) is 14.3. The van der Waals surface area contributed by atoms with Gasteiger partial charge in [0.25, 0.3) is 0 Å². The van der Waals surface area contributed by atoms with Crippen LogP contribution in [0.15, 0.2) is 73.3 Å². The van der Waals surface area contributed by atoms with Crippen LogP contribution in [0.3, 0.4) is 0 Å². The molecule has 11 heteroatoms. The third-order valence-corrected chi connectivity index (χ3v) is 8.27. The van der Waals surface area contributed by atoms with Gasteiger partial charge in [-0.1, -0.05) is 12.1 Å². The van der Waals surface area contributed by atoms with E-state index in [0.717, 1.165) is 61.3 Å². The van der Waals surface area contributed by atoms with E-state index in [-0.39, 0.29) is 17.6 Å². The van der Waals surface area contributed by atoms with E-state index >= 15 is 0 Å². The van der Waals surface area contributed by atoms with E-state index < -0.39 is 5.82 Å². The first-order valence-corrected chi connectivity index (χ1v) is 14.3. The molecule has 0 aliphatic carbocycles. The van der Waals surface area contributed by atoms with Crippen LogP contribution in [0.4, 0.5) is 10.2 Å². The molecule has 43 heavy (non-hydrogen) atoms. The summed E-state index contributed by atoms with van der Waals surface area (Å²) in [7, 11) is 2.16. The number of nitrogens with zero attached hydrogens (tertiary/aromatic N) is 8. The van der Waals surface area contributed by atoms with E-state index in [0.29, 0.717) is 22.3 Å². The smallest absolute Gasteiger partial charge is 0.164 e. The minimum absolute atomic E-state index is 0.204. The number of pyridine rings is 2. The number of hydrogen-bond donors (Lipinski definition) is 2. The lowest BCUT2D eigenvalue weighted by molar-refractivity contribution is 0.148. The normalized spacial score (nSPS) is 15.4. The van der Waals surface area contributed by atoms with Crippen molar-refractivity contribution in [3.05, 3.63) is 90.3 Å². The number of aromatic hydroxyl groups is 1. The maximum Gasteiger partial charge on any atom is 0.164 e. The van der Waals surface area contributed by atoms with Gasteiger partial charge in [-0.2, -0.15) is 5.10 Å². The number of nitrogen functional groups attached to an aromatic ring is 1. The van der Waals surface area contributed by atoms with Crippen molar-refractivity contribution in [3.8, 4) is 28.4 Å². The third kappa shape index (κ3) is 4.96. The number of aromatic nitrogens is 6. The Hall–Kier alpha value is -4.87. The first-order chi connectivity index (χ1) is 20.9. The summed E-state index contributed by atoms with van der Waals surface area (Å²) in [5, 5.41) is 15.5. The highest BCUT2D eigenvalue weighted by Crippen LogP contribution is 2.38. The van der Waals surface area contributed by atoms with E-state index in [4.69, 9.17) is 15.8 Å². The van der Waals surface area contributed by atoms with Crippen molar-refractivity contribution in [1.82, 2.24) is 38.9 Å². The van der Waals surface area contributed by atoms with Gasteiger partial charge in [0.05, 0.1) is 22.8 Å². The number of anilines is 1. The summed E-state index contributed by atoms with van der Waals surface area (Å²) in [5.41, 5.74) is 12.6. The lowest BCUT2D eigenvalue weighted by atomic mass is 10.1. The van der Waals surface area contributed by atoms with Gasteiger partial charge < -0.3 is 20.1 Å². The standard InChI is InChI=1S/C32H32FN9O/c1-20(42-32-28(31(34)36-19-37-32)29(38-42)22-13-23(33)15-25(43)14-22)26-16-24-5-3-4-8-41(24)30(26)27-7-6-21(17-35-27)18-40-11-9-39(2)10-12-40/h3-8,13-17,19-20,43H,9-12,18H2,1-2H3,(H2,34,36,37)/t20-/m1/s1. The predicted octanol–water partition coefficient (Wildman–Crippen LogP) is 4.59. The topological polar surface area (TPSA) is 114 Å². The average Bonchev–Trinajstić information content (AvgIpc) is 3.58. The molecule has 7 rings (SSSR count). The summed E-state index contributed by atoms with van der Waals surface area (Å²) in [5.74, 6) is -0.560. The minimum Gasteiger partial charge on any atom is -0.508 e. The minimum atomic E-state index is -0.579. The van der Waals surface area contributed by atoms with Crippen LogP contribution in [0.25, 0.3) is 39.2 Å². The summed E-state index contributed by atoms with van der Waals surface area (Å²) in [6.07, 6.45) is 5.40. The van der Waals surface area contributed by atoms with Crippen molar-refractivity contribution in [1.29, 1.82) is 0 Å². The number of phenolic OH excluding ortho intramolecular Hbond substituents is 1. The number of hydrogen-bond acceptors (Lipinski definition) is 8. The summed E-state index contributed by atoms with van der Waals surface area (Å²) in [4.78, 5) is 18.5. The maximum atomic E-state index is 14.3. The molecule has 1 fully saturated rings. The number of piperazine rings is 1. The zero-order valence-electron chi connectivity index (χ0n) is 24.0. The molecule has 6 heterocycles. The molecule has 0 saturated carbocycles. The number of fused-ring (bicyclic) bond motifs is 2. The van der Waals surface area contributed by atoms with Crippen molar-refractivity contribution >= 4 is 22.4 Å². The lowest BCUT2D eigenvalue weighted by Crippen LogP contribution is -2.43. The average molecular weight is 578 g/mol. The van der Waals surface area contributed by atoms with Crippen LogP contribution in [0, 0.1) is 5.82 Å². The SMILES string of the molecule is C[C@H](c1cc2ccccn2c1-c1ccc(CN2CCN(C)CC2)cn1)n1nc(-c2cc(O)cc(F)c2)c2c(N)ncnc21. The van der Waals surface area contributed by atoms with Crippen LogP contribution in [0.1, 0.15) is 24.1 Å². The van der Waals surface area contributed by atoms with Crippen molar-refractivity contribution in [3.63, 3.8) is 0 Å². The molecule has 0 spiro atoms. The Morgan fingerprint density at radius 3 is 2.60 bits per heavy atom. The Bertz CT molecular complexity index is 1920. The third-order valence-electron chi connectivity index (χ3n) is 8.27. The molecule has 10 nitrogen and oxygen atoms in total. The second-order valence-electron chi connectivity index (χ2n) is 11.2. The lowest BCUT2D eigenvalue weighted by Gasteiger charge is -2.32. The first kappa shape index (κ1) is 27.0. The number of benzene rings is 1. The fourth-order valence-corrected chi connectivity index (χ4v) is 5.97. The molecule has 218 valence electrons. The number of halogens is 1. The summed E-state index contributed by atoms with van der Waals surface area (Å²) >= 11 is 0. The van der Waals surface area contributed by atoms with Gasteiger partial charge in [0, 0.05) is 67.8 Å². The van der Waals surface area contributed by atoms with Gasteiger partial charge >= 0.3 is 0 Å². The Morgan fingerprint density at radius 2 is 1.84 bits per heavy atom. The molecule has 0 bridgehead atoms. The zero-order valence-corrected chi connectivity index (χ0v) is 24.0. The molecule has 0 amide bonds. The molecular formula is C32H32FN9O. The van der Waals surface area contributed by atoms with Crippen LogP contribution >= 0.6 is 0 Å². The van der Waals surface area contributed by atoms with Crippen molar-refractivity contribution in [2.45, 2.75) is 19.5 Å². The number of phenols is 1. The fourth-order valence-electron chi connectivity index (χ4n) is 5.97. The molecule has 1 aromatic carbocycles. The molecular weight excluding hydrogens is 545 g/mol. The van der Waals surface area contributed by atoms with Crippen molar-refractivity contribution in [2.24, 2.45) is 0 Å². The van der Waals surface area contributed by atoms with Crippen LogP contribution in [0.2, 0.25) is 0 Å². The zero-order chi connectivity index (χ0) is 29.7. The molecule has 1 atom stereocenters. The fraction of sp³-hybridized carbons (Fsp3) is 0.250. The number of rotatable bonds is 6. The second-order valence-corrected chi connectivity index (χ2v) is 11.2. The quantitative estimate of drug-likeness (QED) is 0.296. The van der Waals surface area contributed by atoms with Gasteiger partial charge in [0.2, 0.25) is 0 Å². The van der Waals surface area contributed by atoms with Crippen LogP contribution in [-0.4, -0.2) is 77.3 Å². The van der Waals surface area contributed by atoms with Gasteiger partial charge in [0.1, 0.15) is 29.4 Å². The van der Waals surface area contributed by atoms with Gasteiger partial charge in [-0.25, -0.2) is 19.0 Å². The maximum absolute atomic E-state index is 14.3. The molecule has 6 aromatic rings. The monoisotopic (exact) mass is 577 g/mol. The Kier molecular flexibility index (Phi) is 6.75. The van der Waals surface area contributed by atoms with Crippen LogP contribution in [-0.2, 0) is 6.54 Å². The van der Waals surface area contributed by atoms with Gasteiger partial charge in [-0.3, -0.25) is 9.88 Å². The van der Waals surface area contributed by atoms with Gasteiger partial charge in [-0.05, 0) is 55.9 Å². The molecule has 0 unspecified atom stereocenters. The number of likely N-dealkylation sites (N-methyl/N-ethyl adjacent to an activating group) is 1. The van der Waals surface area contributed by atoms with E-state index in [9.17, 15) is 9.50 Å². The van der Waals surface area contributed by atoms with E-state index in [1.807, 2.05) is 31.5 Å². The van der Waals surface area contributed by atoms with Crippen molar-refractivity contribution < 1.29 is 9.50 Å². The largest absolute Gasteiger partial charge is 0.508 e. The summed E-state index contributed by atoms with van der Waals surface area (Å²) in [6.45, 7) is 7.15. The molecule has 1 aliphatic rings. The summed E-state index contributed by atoms with van der Waals surface area (Å²) in [6, 6.07) is 15.9. The highest BCUT2D eigenvalue weighted by atomic mass is 19.1. The summed E-state index contributed by atoms with van der Waals surface area (Å²) < 4.78 is 18.2. The van der Waals surface area contributed by atoms with Gasteiger partial charge in [-0.15, -0.1) is 0 Å². The molecule has 0 radical (unpaired) electrons. The molecule has 5 aromatic heterocycles. The Morgan fingerprint density at radius 1 is 1.00 bits per heavy atom. The Balaban J connectivity index is 1.32. The second kappa shape index (κ2) is 10.8. The predicted molar refractivity (Wildman–Crippen MR) is 164 cm³/mol. The van der Waals surface area contributed by atoms with E-state index in [1.54, 1.807) is 4.68 Å².